The fourth-order valence-corrected chi connectivity index (χ4v) is 4.54. The molecule has 2 rings (SSSR count). The van der Waals surface area contributed by atoms with Crippen molar-refractivity contribution in [2.24, 2.45) is 5.92 Å². The van der Waals surface area contributed by atoms with Gasteiger partial charge in [-0.25, -0.2) is 8.70 Å². The molecule has 0 bridgehead atoms. The van der Waals surface area contributed by atoms with Crippen molar-refractivity contribution in [1.82, 2.24) is 14.5 Å². The molecule has 0 aliphatic heterocycles. The van der Waals surface area contributed by atoms with Crippen LogP contribution in [-0.2, 0) is 26.3 Å². The van der Waals surface area contributed by atoms with Gasteiger partial charge in [0.2, 0.25) is 11.8 Å². The van der Waals surface area contributed by atoms with Crippen LogP contribution in [0.3, 0.4) is 0 Å². The second kappa shape index (κ2) is 12.6. The summed E-state index contributed by atoms with van der Waals surface area (Å²) in [5.74, 6) is -1.49. The van der Waals surface area contributed by atoms with Gasteiger partial charge in [-0.2, -0.15) is 12.7 Å². The van der Waals surface area contributed by atoms with Gasteiger partial charge in [-0.05, 0) is 30.0 Å². The Morgan fingerprint density at radius 3 is 2.14 bits per heavy atom. The number of nitrogens with one attached hydrogen (secondary N) is 1. The van der Waals surface area contributed by atoms with Crippen molar-refractivity contribution in [3.63, 3.8) is 0 Å². The van der Waals surface area contributed by atoms with Gasteiger partial charge in [-0.1, -0.05) is 63.2 Å². The van der Waals surface area contributed by atoms with Crippen molar-refractivity contribution in [2.75, 3.05) is 31.5 Å². The zero-order chi connectivity index (χ0) is 26.2. The molecule has 2 aromatic rings. The third-order valence-electron chi connectivity index (χ3n) is 5.41. The number of rotatable bonds is 12. The number of hydrogen-bond donors (Lipinski definition) is 1. The van der Waals surface area contributed by atoms with E-state index < -0.39 is 34.5 Å². The molecule has 0 saturated carbocycles. The maximum atomic E-state index is 14.6. The van der Waals surface area contributed by atoms with Crippen LogP contribution in [0.4, 0.5) is 10.1 Å². The highest BCUT2D eigenvalue weighted by molar-refractivity contribution is 7.90. The summed E-state index contributed by atoms with van der Waals surface area (Å²) in [5, 5.41) is 2.86. The standard InChI is InChI=1S/C25H35FN4O4S/c1-6-22(25(32)27-16-19(2)3)29(17-20-12-8-7-9-13-20)24(31)18-30(35(33,34)28(4)5)23-15-11-10-14-21(23)26/h7-15,19,22H,6,16-18H2,1-5H3,(H,27,32)/t22-/m0/s1. The first kappa shape index (κ1) is 28.3. The van der Waals surface area contributed by atoms with Crippen LogP contribution in [0.5, 0.6) is 0 Å². The van der Waals surface area contributed by atoms with E-state index in [1.54, 1.807) is 6.92 Å². The van der Waals surface area contributed by atoms with Gasteiger partial charge in [0.15, 0.2) is 0 Å². The number of amides is 2. The van der Waals surface area contributed by atoms with Gasteiger partial charge in [0, 0.05) is 27.2 Å². The number of halogens is 1. The van der Waals surface area contributed by atoms with Gasteiger partial charge >= 0.3 is 10.2 Å². The molecule has 0 radical (unpaired) electrons. The molecule has 0 fully saturated rings. The first-order valence-corrected chi connectivity index (χ1v) is 12.9. The Labute approximate surface area is 207 Å². The highest BCUT2D eigenvalue weighted by Gasteiger charge is 2.34. The molecule has 2 amide bonds. The number of anilines is 1. The molecule has 1 N–H and O–H groups in total. The summed E-state index contributed by atoms with van der Waals surface area (Å²) in [6.45, 7) is 5.59. The predicted octanol–water partition coefficient (Wildman–Crippen LogP) is 3.02. The van der Waals surface area contributed by atoms with Crippen LogP contribution in [0.25, 0.3) is 0 Å². The zero-order valence-electron chi connectivity index (χ0n) is 20.9. The summed E-state index contributed by atoms with van der Waals surface area (Å²) in [5.41, 5.74) is 0.537. The molecule has 35 heavy (non-hydrogen) atoms. The highest BCUT2D eigenvalue weighted by Crippen LogP contribution is 2.24. The Bertz CT molecular complexity index is 1090. The number of benzene rings is 2. The second-order valence-electron chi connectivity index (χ2n) is 8.82. The average molecular weight is 507 g/mol. The van der Waals surface area contributed by atoms with Gasteiger partial charge in [0.1, 0.15) is 18.4 Å². The maximum Gasteiger partial charge on any atom is 0.304 e. The fraction of sp³-hybridized carbons (Fsp3) is 0.440. The number of nitrogens with zero attached hydrogens (tertiary/aromatic N) is 3. The monoisotopic (exact) mass is 506 g/mol. The third-order valence-corrected chi connectivity index (χ3v) is 7.21. The fourth-order valence-electron chi connectivity index (χ4n) is 3.48. The van der Waals surface area contributed by atoms with Crippen LogP contribution in [0, 0.1) is 11.7 Å². The van der Waals surface area contributed by atoms with Crippen LogP contribution in [-0.4, -0.2) is 62.7 Å². The average Bonchev–Trinajstić information content (AvgIpc) is 2.82. The minimum atomic E-state index is -4.21. The lowest BCUT2D eigenvalue weighted by atomic mass is 10.1. The van der Waals surface area contributed by atoms with Crippen molar-refractivity contribution < 1.29 is 22.4 Å². The van der Waals surface area contributed by atoms with Crippen molar-refractivity contribution >= 4 is 27.7 Å². The highest BCUT2D eigenvalue weighted by atomic mass is 32.2. The van der Waals surface area contributed by atoms with Gasteiger partial charge in [0.05, 0.1) is 5.69 Å². The summed E-state index contributed by atoms with van der Waals surface area (Å²) in [7, 11) is -1.59. The molecule has 0 unspecified atom stereocenters. The Morgan fingerprint density at radius 2 is 1.60 bits per heavy atom. The minimum absolute atomic E-state index is 0.0976. The van der Waals surface area contributed by atoms with E-state index in [0.29, 0.717) is 13.0 Å². The van der Waals surface area contributed by atoms with Gasteiger partial charge < -0.3 is 10.2 Å². The molecule has 0 aromatic heterocycles. The van der Waals surface area contributed by atoms with Crippen LogP contribution < -0.4 is 9.62 Å². The molecule has 10 heteroatoms. The van der Waals surface area contributed by atoms with Crippen LogP contribution >= 0.6 is 0 Å². The predicted molar refractivity (Wildman–Crippen MR) is 135 cm³/mol. The Hall–Kier alpha value is -2.98. The van der Waals surface area contributed by atoms with Crippen molar-refractivity contribution in [3.8, 4) is 0 Å². The molecule has 0 heterocycles. The molecule has 8 nitrogen and oxygen atoms in total. The lowest BCUT2D eigenvalue weighted by Gasteiger charge is -2.34. The summed E-state index contributed by atoms with van der Waals surface area (Å²) in [6, 6.07) is 13.7. The van der Waals surface area contributed by atoms with Crippen LogP contribution in [0.1, 0.15) is 32.8 Å². The van der Waals surface area contributed by atoms with E-state index >= 15 is 0 Å². The Morgan fingerprint density at radius 1 is 1.00 bits per heavy atom. The van der Waals surface area contributed by atoms with Crippen LogP contribution in [0.2, 0.25) is 0 Å². The SMILES string of the molecule is CC[C@@H](C(=O)NCC(C)C)N(Cc1ccccc1)C(=O)CN(c1ccccc1F)S(=O)(=O)N(C)C. The number of hydrogen-bond acceptors (Lipinski definition) is 4. The molecule has 0 aliphatic rings. The van der Waals surface area contributed by atoms with E-state index in [9.17, 15) is 22.4 Å². The van der Waals surface area contributed by atoms with E-state index in [1.165, 1.54) is 37.2 Å². The quantitative estimate of drug-likeness (QED) is 0.479. The lowest BCUT2D eigenvalue weighted by molar-refractivity contribution is -0.140. The van der Waals surface area contributed by atoms with Crippen LogP contribution in [0.15, 0.2) is 54.6 Å². The normalized spacial score (nSPS) is 12.5. The molecule has 0 aliphatic carbocycles. The summed E-state index contributed by atoms with van der Waals surface area (Å²) >= 11 is 0. The second-order valence-corrected chi connectivity index (χ2v) is 10.9. The molecule has 1 atom stereocenters. The van der Waals surface area contributed by atoms with E-state index in [1.807, 2.05) is 44.2 Å². The lowest BCUT2D eigenvalue weighted by Crippen LogP contribution is -2.53. The largest absolute Gasteiger partial charge is 0.354 e. The van der Waals surface area contributed by atoms with Gasteiger partial charge in [-0.15, -0.1) is 0 Å². The van der Waals surface area contributed by atoms with E-state index in [2.05, 4.69) is 5.32 Å². The van der Waals surface area contributed by atoms with Crippen molar-refractivity contribution in [1.29, 1.82) is 0 Å². The first-order valence-electron chi connectivity index (χ1n) is 11.5. The molecular formula is C25H35FN4O4S. The van der Waals surface area contributed by atoms with Crippen molar-refractivity contribution in [2.45, 2.75) is 39.8 Å². The maximum absolute atomic E-state index is 14.6. The number of carbonyl (C=O) groups is 2. The molecule has 2 aromatic carbocycles. The molecular weight excluding hydrogens is 471 g/mol. The Kier molecular flexibility index (Phi) is 10.2. The summed E-state index contributed by atoms with van der Waals surface area (Å²) < 4.78 is 42.5. The summed E-state index contributed by atoms with van der Waals surface area (Å²) in [4.78, 5) is 28.0. The number of para-hydroxylation sites is 1. The zero-order valence-corrected chi connectivity index (χ0v) is 21.8. The topological polar surface area (TPSA) is 90.0 Å². The summed E-state index contributed by atoms with van der Waals surface area (Å²) in [6.07, 6.45) is 0.322. The smallest absolute Gasteiger partial charge is 0.304 e. The molecule has 0 spiro atoms. The van der Waals surface area contributed by atoms with E-state index in [4.69, 9.17) is 0 Å². The van der Waals surface area contributed by atoms with E-state index in [0.717, 1.165) is 20.2 Å². The Balaban J connectivity index is 2.47. The van der Waals surface area contributed by atoms with Crippen molar-refractivity contribution in [3.05, 3.63) is 66.0 Å². The van der Waals surface area contributed by atoms with Gasteiger partial charge in [0.25, 0.3) is 0 Å². The first-order chi connectivity index (χ1) is 16.5. The molecule has 192 valence electrons. The van der Waals surface area contributed by atoms with Gasteiger partial charge in [-0.3, -0.25) is 9.59 Å². The van der Waals surface area contributed by atoms with E-state index in [-0.39, 0.29) is 24.1 Å². The third kappa shape index (κ3) is 7.50. The minimum Gasteiger partial charge on any atom is -0.354 e. The number of carbonyl (C=O) groups excluding carboxylic acids is 2. The molecule has 0 saturated heterocycles.